The number of aromatic nitrogens is 2. The van der Waals surface area contributed by atoms with Crippen LogP contribution in [0.15, 0.2) is 58.2 Å². The van der Waals surface area contributed by atoms with Crippen LogP contribution in [0.25, 0.3) is 10.8 Å². The molecule has 126 valence electrons. The Bertz CT molecular complexity index is 1030. The number of nitrogens with one attached hydrogen (secondary N) is 1. The van der Waals surface area contributed by atoms with Crippen LogP contribution in [-0.4, -0.2) is 21.4 Å². The third-order valence-corrected chi connectivity index (χ3v) is 5.56. The Kier molecular flexibility index (Phi) is 4.05. The number of nitrogens with zero attached hydrogens (tertiary/aromatic N) is 2. The molecule has 1 aliphatic rings. The molecule has 0 aliphatic carbocycles. The molecule has 6 heteroatoms. The van der Waals surface area contributed by atoms with Gasteiger partial charge in [-0.15, -0.1) is 11.8 Å². The first-order valence-corrected chi connectivity index (χ1v) is 9.12. The molecule has 0 spiro atoms. The summed E-state index contributed by atoms with van der Waals surface area (Å²) in [6.07, 6.45) is 0.872. The third-order valence-electron chi connectivity index (χ3n) is 4.44. The monoisotopic (exact) mass is 351 g/mol. The van der Waals surface area contributed by atoms with Crippen LogP contribution in [0.5, 0.6) is 0 Å². The van der Waals surface area contributed by atoms with Crippen molar-refractivity contribution in [3.63, 3.8) is 0 Å². The Morgan fingerprint density at radius 3 is 2.72 bits per heavy atom. The molecule has 1 N–H and O–H groups in total. The molecular formula is C19H17N3O2S. The summed E-state index contributed by atoms with van der Waals surface area (Å²) in [7, 11) is 1.57. The standard InChI is InChI=1S/C19H17N3O2S/c1-22-19(24)13-7-3-2-6-12(13)17(21-22)18(23)20-15-10-11-25-16-9-5-4-8-14(15)16/h2-9,15H,10-11H2,1H3,(H,20,23). The van der Waals surface area contributed by atoms with Crippen molar-refractivity contribution < 1.29 is 4.79 Å². The van der Waals surface area contributed by atoms with Crippen LogP contribution >= 0.6 is 11.8 Å². The zero-order valence-corrected chi connectivity index (χ0v) is 14.5. The fourth-order valence-electron chi connectivity index (χ4n) is 3.19. The molecule has 0 fully saturated rings. The van der Waals surface area contributed by atoms with Gasteiger partial charge in [0.1, 0.15) is 0 Å². The molecule has 2 heterocycles. The Labute approximate surface area is 149 Å². The van der Waals surface area contributed by atoms with Crippen molar-refractivity contribution in [2.24, 2.45) is 7.05 Å². The van der Waals surface area contributed by atoms with Gasteiger partial charge in [0, 0.05) is 23.1 Å². The first-order chi connectivity index (χ1) is 12.1. The van der Waals surface area contributed by atoms with Crippen molar-refractivity contribution in [1.29, 1.82) is 0 Å². The Morgan fingerprint density at radius 2 is 1.88 bits per heavy atom. The number of thioether (sulfide) groups is 1. The van der Waals surface area contributed by atoms with E-state index >= 15 is 0 Å². The van der Waals surface area contributed by atoms with Crippen LogP contribution in [-0.2, 0) is 7.05 Å². The minimum absolute atomic E-state index is 0.0391. The van der Waals surface area contributed by atoms with Crippen LogP contribution in [0.3, 0.4) is 0 Å². The number of amides is 1. The number of aryl methyl sites for hydroxylation is 1. The maximum Gasteiger partial charge on any atom is 0.274 e. The van der Waals surface area contributed by atoms with E-state index in [1.807, 2.05) is 30.0 Å². The number of carbonyl (C=O) groups excluding carboxylic acids is 1. The SMILES string of the molecule is Cn1nc(C(=O)NC2CCSc3ccccc32)c2ccccc2c1=O. The molecule has 4 rings (SSSR count). The van der Waals surface area contributed by atoms with Gasteiger partial charge in [0.25, 0.3) is 11.5 Å². The van der Waals surface area contributed by atoms with Crippen LogP contribution in [0.4, 0.5) is 0 Å². The third kappa shape index (κ3) is 2.82. The van der Waals surface area contributed by atoms with Gasteiger partial charge in [-0.2, -0.15) is 5.10 Å². The van der Waals surface area contributed by atoms with Gasteiger partial charge in [0.15, 0.2) is 5.69 Å². The Hall–Kier alpha value is -2.60. The minimum Gasteiger partial charge on any atom is -0.344 e. The molecule has 1 unspecified atom stereocenters. The van der Waals surface area contributed by atoms with E-state index in [4.69, 9.17) is 0 Å². The number of benzene rings is 2. The fraction of sp³-hybridized carbons (Fsp3) is 0.211. The van der Waals surface area contributed by atoms with Crippen LogP contribution < -0.4 is 10.9 Å². The smallest absolute Gasteiger partial charge is 0.274 e. The van der Waals surface area contributed by atoms with Gasteiger partial charge in [-0.05, 0) is 24.1 Å². The molecular weight excluding hydrogens is 334 g/mol. The summed E-state index contributed by atoms with van der Waals surface area (Å²) < 4.78 is 1.22. The summed E-state index contributed by atoms with van der Waals surface area (Å²) >= 11 is 1.81. The number of hydrogen-bond donors (Lipinski definition) is 1. The molecule has 5 nitrogen and oxygen atoms in total. The van der Waals surface area contributed by atoms with Crippen LogP contribution in [0.1, 0.15) is 28.5 Å². The van der Waals surface area contributed by atoms with Gasteiger partial charge >= 0.3 is 0 Å². The molecule has 0 saturated carbocycles. The largest absolute Gasteiger partial charge is 0.344 e. The van der Waals surface area contributed by atoms with Crippen molar-refractivity contribution in [1.82, 2.24) is 15.1 Å². The zero-order chi connectivity index (χ0) is 17.4. The lowest BCUT2D eigenvalue weighted by Crippen LogP contribution is -2.33. The molecule has 0 radical (unpaired) electrons. The highest BCUT2D eigenvalue weighted by Gasteiger charge is 2.24. The summed E-state index contributed by atoms with van der Waals surface area (Å²) in [4.78, 5) is 26.3. The normalized spacial score (nSPS) is 16.4. The molecule has 0 saturated heterocycles. The lowest BCUT2D eigenvalue weighted by atomic mass is 10.0. The van der Waals surface area contributed by atoms with E-state index in [1.165, 1.54) is 9.58 Å². The summed E-state index contributed by atoms with van der Waals surface area (Å²) in [5, 5.41) is 8.40. The molecule has 2 aromatic carbocycles. The summed E-state index contributed by atoms with van der Waals surface area (Å²) in [6, 6.07) is 15.2. The van der Waals surface area contributed by atoms with Gasteiger partial charge in [-0.25, -0.2) is 4.68 Å². The second-order valence-electron chi connectivity index (χ2n) is 6.02. The highest BCUT2D eigenvalue weighted by molar-refractivity contribution is 7.99. The summed E-state index contributed by atoms with van der Waals surface area (Å²) in [6.45, 7) is 0. The van der Waals surface area contributed by atoms with E-state index in [1.54, 1.807) is 25.2 Å². The van der Waals surface area contributed by atoms with Gasteiger partial charge in [0.2, 0.25) is 0 Å². The number of rotatable bonds is 2. The average Bonchev–Trinajstić information content (AvgIpc) is 2.65. The first-order valence-electron chi connectivity index (χ1n) is 8.14. The lowest BCUT2D eigenvalue weighted by Gasteiger charge is -2.25. The maximum atomic E-state index is 12.9. The molecule has 1 atom stereocenters. The first kappa shape index (κ1) is 15.9. The fourth-order valence-corrected chi connectivity index (χ4v) is 4.31. The second-order valence-corrected chi connectivity index (χ2v) is 7.16. The molecule has 25 heavy (non-hydrogen) atoms. The number of carbonyl (C=O) groups is 1. The molecule has 1 amide bonds. The van der Waals surface area contributed by atoms with Gasteiger partial charge in [-0.3, -0.25) is 9.59 Å². The van der Waals surface area contributed by atoms with E-state index in [2.05, 4.69) is 22.5 Å². The Balaban J connectivity index is 1.73. The summed E-state index contributed by atoms with van der Waals surface area (Å²) in [5.41, 5.74) is 1.22. The molecule has 1 aromatic heterocycles. The van der Waals surface area contributed by atoms with Crippen molar-refractivity contribution >= 4 is 28.4 Å². The van der Waals surface area contributed by atoms with Crippen molar-refractivity contribution in [2.75, 3.05) is 5.75 Å². The lowest BCUT2D eigenvalue weighted by molar-refractivity contribution is 0.0929. The predicted molar refractivity (Wildman–Crippen MR) is 99.0 cm³/mol. The quantitative estimate of drug-likeness (QED) is 0.771. The molecule has 0 bridgehead atoms. The van der Waals surface area contributed by atoms with E-state index in [9.17, 15) is 9.59 Å². The number of fused-ring (bicyclic) bond motifs is 2. The zero-order valence-electron chi connectivity index (χ0n) is 13.7. The number of hydrogen-bond acceptors (Lipinski definition) is 4. The molecule has 1 aliphatic heterocycles. The van der Waals surface area contributed by atoms with Gasteiger partial charge in [0.05, 0.1) is 11.4 Å². The predicted octanol–water partition coefficient (Wildman–Crippen LogP) is 2.90. The average molecular weight is 351 g/mol. The highest BCUT2D eigenvalue weighted by Crippen LogP contribution is 2.35. The minimum atomic E-state index is -0.251. The van der Waals surface area contributed by atoms with Gasteiger partial charge < -0.3 is 5.32 Å². The topological polar surface area (TPSA) is 64.0 Å². The maximum absolute atomic E-state index is 12.9. The van der Waals surface area contributed by atoms with Crippen LogP contribution in [0, 0.1) is 0 Å². The second kappa shape index (κ2) is 6.37. The van der Waals surface area contributed by atoms with E-state index < -0.39 is 0 Å². The van der Waals surface area contributed by atoms with Crippen molar-refractivity contribution in [2.45, 2.75) is 17.4 Å². The Morgan fingerprint density at radius 1 is 1.16 bits per heavy atom. The molecule has 3 aromatic rings. The van der Waals surface area contributed by atoms with Gasteiger partial charge in [-0.1, -0.05) is 36.4 Å². The van der Waals surface area contributed by atoms with Crippen molar-refractivity contribution in [3.8, 4) is 0 Å². The van der Waals surface area contributed by atoms with Crippen molar-refractivity contribution in [3.05, 3.63) is 70.1 Å². The van der Waals surface area contributed by atoms with E-state index in [-0.39, 0.29) is 23.2 Å². The van der Waals surface area contributed by atoms with Crippen LogP contribution in [0.2, 0.25) is 0 Å². The van der Waals surface area contributed by atoms with E-state index in [0.717, 1.165) is 17.7 Å². The summed E-state index contributed by atoms with van der Waals surface area (Å²) in [5.74, 6) is 0.710. The van der Waals surface area contributed by atoms with E-state index in [0.29, 0.717) is 10.8 Å². The highest BCUT2D eigenvalue weighted by atomic mass is 32.2.